The Morgan fingerprint density at radius 3 is 2.39 bits per heavy atom. The fourth-order valence-corrected chi connectivity index (χ4v) is 2.16. The summed E-state index contributed by atoms with van der Waals surface area (Å²) < 4.78 is 31.8. The number of rotatable bonds is 4. The molecule has 0 heterocycles. The van der Waals surface area contributed by atoms with E-state index in [0.717, 1.165) is 16.6 Å². The number of halogens is 3. The minimum Gasteiger partial charge on any atom is -0.449 e. The Kier molecular flexibility index (Phi) is 5.44. The molecule has 0 saturated carbocycles. The van der Waals surface area contributed by atoms with Crippen molar-refractivity contribution in [2.75, 3.05) is 5.32 Å². The standard InChI is InChI=1S/C16H12BrF2NO3/c1-9(15(21)20-14-4-2-3-11(17)7-14)23-16(22)10-5-12(18)8-13(19)6-10/h2-9H,1H3,(H,20,21)/t9-/m0/s1. The Morgan fingerprint density at radius 2 is 1.78 bits per heavy atom. The molecule has 4 nitrogen and oxygen atoms in total. The minimum atomic E-state index is -1.13. The predicted molar refractivity (Wildman–Crippen MR) is 84.0 cm³/mol. The molecule has 0 unspecified atom stereocenters. The zero-order valence-corrected chi connectivity index (χ0v) is 13.6. The van der Waals surface area contributed by atoms with Gasteiger partial charge < -0.3 is 10.1 Å². The van der Waals surface area contributed by atoms with Crippen LogP contribution in [-0.2, 0) is 9.53 Å². The number of hydrogen-bond donors (Lipinski definition) is 1. The quantitative estimate of drug-likeness (QED) is 0.814. The largest absolute Gasteiger partial charge is 0.449 e. The number of carbonyl (C=O) groups is 2. The molecule has 0 bridgehead atoms. The Bertz CT molecular complexity index is 732. The van der Waals surface area contributed by atoms with E-state index >= 15 is 0 Å². The third kappa shape index (κ3) is 4.85. The van der Waals surface area contributed by atoms with Crippen LogP contribution in [0.5, 0.6) is 0 Å². The summed E-state index contributed by atoms with van der Waals surface area (Å²) in [6.45, 7) is 1.36. The lowest BCUT2D eigenvalue weighted by Gasteiger charge is -2.13. The highest BCUT2D eigenvalue weighted by Gasteiger charge is 2.20. The summed E-state index contributed by atoms with van der Waals surface area (Å²) in [4.78, 5) is 23.8. The van der Waals surface area contributed by atoms with E-state index < -0.39 is 29.6 Å². The maximum Gasteiger partial charge on any atom is 0.339 e. The van der Waals surface area contributed by atoms with Crippen LogP contribution in [0, 0.1) is 11.6 Å². The van der Waals surface area contributed by atoms with Crippen LogP contribution in [0.25, 0.3) is 0 Å². The minimum absolute atomic E-state index is 0.301. The summed E-state index contributed by atoms with van der Waals surface area (Å²) in [5, 5.41) is 2.57. The summed E-state index contributed by atoms with van der Waals surface area (Å²) in [5.74, 6) is -3.35. The Morgan fingerprint density at radius 1 is 1.13 bits per heavy atom. The molecule has 1 amide bonds. The maximum absolute atomic E-state index is 13.1. The van der Waals surface area contributed by atoms with Crippen LogP contribution >= 0.6 is 15.9 Å². The number of amides is 1. The van der Waals surface area contributed by atoms with Gasteiger partial charge in [-0.2, -0.15) is 0 Å². The number of carbonyl (C=O) groups excluding carboxylic acids is 2. The summed E-state index contributed by atoms with van der Waals surface area (Å²) in [6.07, 6.45) is -1.13. The molecule has 120 valence electrons. The predicted octanol–water partition coefficient (Wildman–Crippen LogP) is 3.91. The first-order valence-electron chi connectivity index (χ1n) is 6.58. The molecule has 2 aromatic carbocycles. The molecule has 7 heteroatoms. The molecule has 0 aliphatic heterocycles. The molecular weight excluding hydrogens is 372 g/mol. The van der Waals surface area contributed by atoms with Gasteiger partial charge in [-0.1, -0.05) is 22.0 Å². The number of anilines is 1. The van der Waals surface area contributed by atoms with E-state index in [1.165, 1.54) is 6.92 Å². The van der Waals surface area contributed by atoms with Crippen LogP contribution < -0.4 is 5.32 Å². The molecule has 2 rings (SSSR count). The smallest absolute Gasteiger partial charge is 0.339 e. The second kappa shape index (κ2) is 7.32. The first-order valence-corrected chi connectivity index (χ1v) is 7.38. The van der Waals surface area contributed by atoms with Gasteiger partial charge in [0.2, 0.25) is 0 Å². The third-order valence-corrected chi connectivity index (χ3v) is 3.34. The van der Waals surface area contributed by atoms with Gasteiger partial charge >= 0.3 is 5.97 Å². The zero-order chi connectivity index (χ0) is 17.0. The fraction of sp³-hybridized carbons (Fsp3) is 0.125. The van der Waals surface area contributed by atoms with Crippen LogP contribution in [0.1, 0.15) is 17.3 Å². The maximum atomic E-state index is 13.1. The molecule has 0 aliphatic carbocycles. The van der Waals surface area contributed by atoms with Gasteiger partial charge in [0, 0.05) is 16.2 Å². The third-order valence-electron chi connectivity index (χ3n) is 2.84. The van der Waals surface area contributed by atoms with Crippen molar-refractivity contribution in [1.82, 2.24) is 0 Å². The average molecular weight is 384 g/mol. The van der Waals surface area contributed by atoms with E-state index in [1.807, 2.05) is 0 Å². The SMILES string of the molecule is C[C@H](OC(=O)c1cc(F)cc(F)c1)C(=O)Nc1cccc(Br)c1. The highest BCUT2D eigenvalue weighted by atomic mass is 79.9. The molecule has 1 atom stereocenters. The van der Waals surface area contributed by atoms with Gasteiger partial charge in [0.05, 0.1) is 5.56 Å². The summed E-state index contributed by atoms with van der Waals surface area (Å²) in [5.41, 5.74) is 0.216. The molecule has 23 heavy (non-hydrogen) atoms. The lowest BCUT2D eigenvalue weighted by atomic mass is 10.2. The van der Waals surface area contributed by atoms with E-state index in [2.05, 4.69) is 21.2 Å². The Labute approximate surface area is 139 Å². The van der Waals surface area contributed by atoms with Gasteiger partial charge in [0.1, 0.15) is 11.6 Å². The molecule has 0 aliphatic rings. The van der Waals surface area contributed by atoms with E-state index in [0.29, 0.717) is 11.8 Å². The van der Waals surface area contributed by atoms with Crippen molar-refractivity contribution in [2.45, 2.75) is 13.0 Å². The zero-order valence-electron chi connectivity index (χ0n) is 12.0. The highest BCUT2D eigenvalue weighted by Crippen LogP contribution is 2.16. The number of hydrogen-bond acceptors (Lipinski definition) is 3. The fourth-order valence-electron chi connectivity index (χ4n) is 1.76. The molecule has 0 spiro atoms. The van der Waals surface area contributed by atoms with E-state index in [-0.39, 0.29) is 5.56 Å². The Hall–Kier alpha value is -2.28. The number of esters is 1. The second-order valence-electron chi connectivity index (χ2n) is 4.71. The van der Waals surface area contributed by atoms with Crippen molar-refractivity contribution < 1.29 is 23.1 Å². The monoisotopic (exact) mass is 383 g/mol. The molecular formula is C16H12BrF2NO3. The van der Waals surface area contributed by atoms with Crippen LogP contribution in [0.2, 0.25) is 0 Å². The van der Waals surface area contributed by atoms with Gasteiger partial charge in [0.15, 0.2) is 6.10 Å². The summed E-state index contributed by atoms with van der Waals surface area (Å²) >= 11 is 3.27. The van der Waals surface area contributed by atoms with Crippen LogP contribution in [-0.4, -0.2) is 18.0 Å². The summed E-state index contributed by atoms with van der Waals surface area (Å²) in [7, 11) is 0. The van der Waals surface area contributed by atoms with Crippen LogP contribution in [0.4, 0.5) is 14.5 Å². The summed E-state index contributed by atoms with van der Waals surface area (Å²) in [6, 6.07) is 9.17. The lowest BCUT2D eigenvalue weighted by Crippen LogP contribution is -2.30. The van der Waals surface area contributed by atoms with Gasteiger partial charge in [0.25, 0.3) is 5.91 Å². The van der Waals surface area contributed by atoms with Crippen molar-refractivity contribution in [3.8, 4) is 0 Å². The first-order chi connectivity index (χ1) is 10.8. The number of ether oxygens (including phenoxy) is 1. The topological polar surface area (TPSA) is 55.4 Å². The molecule has 1 N–H and O–H groups in total. The number of nitrogens with one attached hydrogen (secondary N) is 1. The molecule has 0 aromatic heterocycles. The molecule has 2 aromatic rings. The van der Waals surface area contributed by atoms with Crippen LogP contribution in [0.3, 0.4) is 0 Å². The molecule has 0 saturated heterocycles. The number of benzene rings is 2. The van der Waals surface area contributed by atoms with Crippen molar-refractivity contribution in [2.24, 2.45) is 0 Å². The van der Waals surface area contributed by atoms with E-state index in [9.17, 15) is 18.4 Å². The van der Waals surface area contributed by atoms with Crippen molar-refractivity contribution in [3.05, 3.63) is 64.1 Å². The molecule has 0 fully saturated rings. The normalized spacial score (nSPS) is 11.7. The first kappa shape index (κ1) is 17.1. The van der Waals surface area contributed by atoms with Crippen molar-refractivity contribution in [3.63, 3.8) is 0 Å². The van der Waals surface area contributed by atoms with E-state index in [1.54, 1.807) is 24.3 Å². The molecule has 0 radical (unpaired) electrons. The van der Waals surface area contributed by atoms with Crippen molar-refractivity contribution in [1.29, 1.82) is 0 Å². The Balaban J connectivity index is 2.01. The van der Waals surface area contributed by atoms with Crippen LogP contribution in [0.15, 0.2) is 46.9 Å². The van der Waals surface area contributed by atoms with Gasteiger partial charge in [-0.05, 0) is 37.3 Å². The second-order valence-corrected chi connectivity index (χ2v) is 5.62. The van der Waals surface area contributed by atoms with Gasteiger partial charge in [-0.25, -0.2) is 13.6 Å². The highest BCUT2D eigenvalue weighted by molar-refractivity contribution is 9.10. The van der Waals surface area contributed by atoms with Crippen molar-refractivity contribution >= 4 is 33.5 Å². The van der Waals surface area contributed by atoms with Gasteiger partial charge in [-0.15, -0.1) is 0 Å². The van der Waals surface area contributed by atoms with Gasteiger partial charge in [-0.3, -0.25) is 4.79 Å². The lowest BCUT2D eigenvalue weighted by molar-refractivity contribution is -0.123. The van der Waals surface area contributed by atoms with E-state index in [4.69, 9.17) is 4.74 Å². The average Bonchev–Trinajstić information content (AvgIpc) is 2.46.